The fourth-order valence-corrected chi connectivity index (χ4v) is 4.31. The predicted molar refractivity (Wildman–Crippen MR) is 102 cm³/mol. The molecule has 0 bridgehead atoms. The zero-order valence-electron chi connectivity index (χ0n) is 16.6. The van der Waals surface area contributed by atoms with Gasteiger partial charge >= 0.3 is 0 Å². The molecule has 0 radical (unpaired) electrons. The van der Waals surface area contributed by atoms with Crippen molar-refractivity contribution in [1.29, 1.82) is 0 Å². The van der Waals surface area contributed by atoms with Gasteiger partial charge in [0.2, 0.25) is 0 Å². The maximum Gasteiger partial charge on any atom is 0.161 e. The predicted octanol–water partition coefficient (Wildman–Crippen LogP) is 1.73. The lowest BCUT2D eigenvalue weighted by Gasteiger charge is -2.42. The zero-order valence-corrected chi connectivity index (χ0v) is 16.6. The number of rotatable bonds is 9. The number of Topliss-reactive ketones (excluding diaryl/α,β-unsaturated/α-hetero) is 1. The van der Waals surface area contributed by atoms with E-state index in [4.69, 9.17) is 4.74 Å². The topological polar surface area (TPSA) is 107 Å². The maximum atomic E-state index is 12.8. The summed E-state index contributed by atoms with van der Waals surface area (Å²) in [7, 11) is 0. The molecule has 6 nitrogen and oxygen atoms in total. The standard InChI is InChI=1S/C21H36O6/c1-3-5-7-9-14-11-16(23)15(10-13(14)8-6-4-2)21-20(26)19(25)18(24)17(12-22)27-21/h10,13-14,17-22,24-26H,3-9,11-12H2,1-2H3. The summed E-state index contributed by atoms with van der Waals surface area (Å²) in [6.45, 7) is 3.82. The maximum absolute atomic E-state index is 12.8. The minimum absolute atomic E-state index is 0.0615. The minimum Gasteiger partial charge on any atom is -0.394 e. The van der Waals surface area contributed by atoms with Crippen LogP contribution in [0.5, 0.6) is 0 Å². The Balaban J connectivity index is 2.21. The van der Waals surface area contributed by atoms with Gasteiger partial charge in [-0.25, -0.2) is 0 Å². The van der Waals surface area contributed by atoms with Gasteiger partial charge in [-0.2, -0.15) is 0 Å². The Morgan fingerprint density at radius 1 is 1.00 bits per heavy atom. The van der Waals surface area contributed by atoms with Crippen molar-refractivity contribution >= 4 is 5.78 Å². The van der Waals surface area contributed by atoms with Gasteiger partial charge in [0.1, 0.15) is 30.5 Å². The molecule has 1 aliphatic carbocycles. The molecular formula is C21H36O6. The first-order valence-electron chi connectivity index (χ1n) is 10.5. The molecule has 1 saturated heterocycles. The number of ketones is 1. The molecule has 0 aromatic heterocycles. The average molecular weight is 385 g/mol. The molecule has 0 amide bonds. The van der Waals surface area contributed by atoms with Gasteiger partial charge in [-0.15, -0.1) is 0 Å². The summed E-state index contributed by atoms with van der Waals surface area (Å²) in [5.41, 5.74) is 0.389. The first-order valence-corrected chi connectivity index (χ1v) is 10.5. The Morgan fingerprint density at radius 2 is 1.70 bits per heavy atom. The number of ether oxygens (including phenoxy) is 1. The summed E-state index contributed by atoms with van der Waals surface area (Å²) in [5.74, 6) is 0.500. The van der Waals surface area contributed by atoms with Crippen LogP contribution in [-0.4, -0.2) is 63.3 Å². The van der Waals surface area contributed by atoms with Gasteiger partial charge in [-0.3, -0.25) is 4.79 Å². The highest BCUT2D eigenvalue weighted by atomic mass is 16.5. The number of unbranched alkanes of at least 4 members (excludes halogenated alkanes) is 3. The van der Waals surface area contributed by atoms with Crippen molar-refractivity contribution < 1.29 is 30.0 Å². The largest absolute Gasteiger partial charge is 0.394 e. The smallest absolute Gasteiger partial charge is 0.161 e. The number of allylic oxidation sites excluding steroid dienone is 1. The summed E-state index contributed by atoms with van der Waals surface area (Å²) in [6, 6.07) is 0. The highest BCUT2D eigenvalue weighted by Crippen LogP contribution is 2.37. The molecule has 7 unspecified atom stereocenters. The highest BCUT2D eigenvalue weighted by molar-refractivity contribution is 5.97. The number of hydrogen-bond acceptors (Lipinski definition) is 6. The second-order valence-electron chi connectivity index (χ2n) is 8.06. The fourth-order valence-electron chi connectivity index (χ4n) is 4.31. The van der Waals surface area contributed by atoms with E-state index in [0.29, 0.717) is 17.9 Å². The molecule has 6 heteroatoms. The van der Waals surface area contributed by atoms with Crippen LogP contribution in [0.1, 0.15) is 65.2 Å². The van der Waals surface area contributed by atoms with Gasteiger partial charge in [-0.1, -0.05) is 52.0 Å². The molecule has 1 fully saturated rings. The van der Waals surface area contributed by atoms with Crippen LogP contribution in [-0.2, 0) is 9.53 Å². The van der Waals surface area contributed by atoms with Crippen LogP contribution >= 0.6 is 0 Å². The molecule has 1 heterocycles. The van der Waals surface area contributed by atoms with Gasteiger partial charge in [0.25, 0.3) is 0 Å². The molecule has 156 valence electrons. The highest BCUT2D eigenvalue weighted by Gasteiger charge is 2.47. The first kappa shape index (κ1) is 22.5. The zero-order chi connectivity index (χ0) is 20.0. The molecule has 7 atom stereocenters. The molecule has 1 aliphatic heterocycles. The van der Waals surface area contributed by atoms with Crippen molar-refractivity contribution in [3.8, 4) is 0 Å². The van der Waals surface area contributed by atoms with E-state index < -0.39 is 37.1 Å². The lowest BCUT2D eigenvalue weighted by molar-refractivity contribution is -0.220. The molecule has 0 saturated carbocycles. The normalized spacial score (nSPS) is 37.3. The van der Waals surface area contributed by atoms with Gasteiger partial charge in [0.05, 0.1) is 6.61 Å². The number of carbonyl (C=O) groups is 1. The van der Waals surface area contributed by atoms with Crippen molar-refractivity contribution in [3.63, 3.8) is 0 Å². The third-order valence-corrected chi connectivity index (χ3v) is 6.04. The molecule has 2 aliphatic rings. The number of hydrogen-bond donors (Lipinski definition) is 4. The Bertz CT molecular complexity index is 503. The van der Waals surface area contributed by atoms with Gasteiger partial charge in [-0.05, 0) is 24.7 Å². The lowest BCUT2D eigenvalue weighted by atomic mass is 9.73. The Kier molecular flexibility index (Phi) is 8.89. The molecular weight excluding hydrogens is 348 g/mol. The number of aliphatic hydroxyl groups excluding tert-OH is 4. The minimum atomic E-state index is -1.45. The van der Waals surface area contributed by atoms with E-state index in [0.717, 1.165) is 44.9 Å². The van der Waals surface area contributed by atoms with Crippen molar-refractivity contribution in [2.75, 3.05) is 6.61 Å². The van der Waals surface area contributed by atoms with Gasteiger partial charge < -0.3 is 25.2 Å². The SMILES string of the molecule is CCCCCC1CC(=O)C(C2OC(CO)C(O)C(O)C2O)=CC1CCCC. The summed E-state index contributed by atoms with van der Waals surface area (Å²) < 4.78 is 5.63. The van der Waals surface area contributed by atoms with E-state index in [2.05, 4.69) is 13.8 Å². The monoisotopic (exact) mass is 384 g/mol. The van der Waals surface area contributed by atoms with Crippen LogP contribution in [0.15, 0.2) is 11.6 Å². The first-order chi connectivity index (χ1) is 12.9. The van der Waals surface area contributed by atoms with Crippen molar-refractivity contribution in [3.05, 3.63) is 11.6 Å². The van der Waals surface area contributed by atoms with Crippen LogP contribution in [0.2, 0.25) is 0 Å². The Hall–Kier alpha value is -0.790. The number of carbonyl (C=O) groups excluding carboxylic acids is 1. The van der Waals surface area contributed by atoms with E-state index in [1.165, 1.54) is 0 Å². The van der Waals surface area contributed by atoms with Crippen molar-refractivity contribution in [1.82, 2.24) is 0 Å². The fraction of sp³-hybridized carbons (Fsp3) is 0.857. The van der Waals surface area contributed by atoms with E-state index >= 15 is 0 Å². The van der Waals surface area contributed by atoms with Crippen LogP contribution in [0.3, 0.4) is 0 Å². The van der Waals surface area contributed by atoms with E-state index in [-0.39, 0.29) is 11.7 Å². The van der Waals surface area contributed by atoms with Crippen molar-refractivity contribution in [2.24, 2.45) is 11.8 Å². The van der Waals surface area contributed by atoms with Crippen LogP contribution < -0.4 is 0 Å². The lowest BCUT2D eigenvalue weighted by Crippen LogP contribution is -2.59. The Labute approximate surface area is 162 Å². The summed E-state index contributed by atoms with van der Waals surface area (Å²) >= 11 is 0. The summed E-state index contributed by atoms with van der Waals surface area (Å²) in [4.78, 5) is 12.8. The third-order valence-electron chi connectivity index (χ3n) is 6.04. The summed E-state index contributed by atoms with van der Waals surface area (Å²) in [5, 5.41) is 39.8. The second-order valence-corrected chi connectivity index (χ2v) is 8.06. The molecule has 0 aromatic carbocycles. The average Bonchev–Trinajstić information content (AvgIpc) is 2.66. The quantitative estimate of drug-likeness (QED) is 0.451. The van der Waals surface area contributed by atoms with E-state index in [9.17, 15) is 25.2 Å². The Morgan fingerprint density at radius 3 is 2.33 bits per heavy atom. The third kappa shape index (κ3) is 5.39. The van der Waals surface area contributed by atoms with Crippen LogP contribution in [0, 0.1) is 11.8 Å². The van der Waals surface area contributed by atoms with Gasteiger partial charge in [0.15, 0.2) is 5.78 Å². The molecule has 27 heavy (non-hydrogen) atoms. The summed E-state index contributed by atoms with van der Waals surface area (Å²) in [6.07, 6.45) is 3.70. The van der Waals surface area contributed by atoms with E-state index in [1.807, 2.05) is 6.08 Å². The molecule has 4 N–H and O–H groups in total. The molecule has 0 aromatic rings. The van der Waals surface area contributed by atoms with E-state index in [1.54, 1.807) is 0 Å². The second kappa shape index (κ2) is 10.7. The molecule has 0 spiro atoms. The number of aliphatic hydroxyl groups is 4. The molecule has 2 rings (SSSR count). The van der Waals surface area contributed by atoms with Crippen LogP contribution in [0.25, 0.3) is 0 Å². The van der Waals surface area contributed by atoms with Crippen molar-refractivity contribution in [2.45, 2.75) is 95.7 Å². The van der Waals surface area contributed by atoms with Gasteiger partial charge in [0, 0.05) is 12.0 Å². The van der Waals surface area contributed by atoms with Crippen LogP contribution in [0.4, 0.5) is 0 Å².